The van der Waals surface area contributed by atoms with Crippen molar-refractivity contribution >= 4 is 5.97 Å². The van der Waals surface area contributed by atoms with Gasteiger partial charge in [-0.1, -0.05) is 155 Å². The van der Waals surface area contributed by atoms with E-state index in [0.717, 1.165) is 44.9 Å². The summed E-state index contributed by atoms with van der Waals surface area (Å²) >= 11 is 0. The molecular formula is C30H60O3. The van der Waals surface area contributed by atoms with E-state index in [1.165, 1.54) is 122 Å². The van der Waals surface area contributed by atoms with E-state index >= 15 is 0 Å². The van der Waals surface area contributed by atoms with Gasteiger partial charge in [0.2, 0.25) is 0 Å². The number of unbranched alkanes of at least 4 members (excludes halogenated alkanes) is 22. The van der Waals surface area contributed by atoms with Crippen molar-refractivity contribution in [1.29, 1.82) is 0 Å². The Morgan fingerprint density at radius 1 is 0.485 bits per heavy atom. The van der Waals surface area contributed by atoms with Crippen molar-refractivity contribution in [2.75, 3.05) is 0 Å². The van der Waals surface area contributed by atoms with Crippen LogP contribution in [0, 0.1) is 0 Å². The Hall–Kier alpha value is -0.570. The van der Waals surface area contributed by atoms with Crippen LogP contribution >= 0.6 is 0 Å². The number of aliphatic hydroxyl groups excluding tert-OH is 1. The molecule has 0 spiro atoms. The van der Waals surface area contributed by atoms with Crippen LogP contribution in [0.25, 0.3) is 0 Å². The molecule has 0 aliphatic heterocycles. The Morgan fingerprint density at radius 2 is 0.758 bits per heavy atom. The van der Waals surface area contributed by atoms with Gasteiger partial charge in [0.25, 0.3) is 0 Å². The highest BCUT2D eigenvalue weighted by molar-refractivity contribution is 5.66. The predicted octanol–water partition coefficient (Wildman–Crippen LogP) is 9.98. The van der Waals surface area contributed by atoms with E-state index in [2.05, 4.69) is 6.92 Å². The molecule has 0 aromatic carbocycles. The van der Waals surface area contributed by atoms with E-state index in [-0.39, 0.29) is 12.5 Å². The summed E-state index contributed by atoms with van der Waals surface area (Å²) in [5.41, 5.74) is 0. The lowest BCUT2D eigenvalue weighted by atomic mass is 10.0. The number of carboxylic acid groups (broad SMARTS) is 1. The fraction of sp³-hybridized carbons (Fsp3) is 0.967. The second kappa shape index (κ2) is 27.7. The molecule has 3 nitrogen and oxygen atoms in total. The maximum atomic E-state index is 10.5. The summed E-state index contributed by atoms with van der Waals surface area (Å²) in [6.45, 7) is 2.29. The zero-order valence-electron chi connectivity index (χ0n) is 22.5. The Balaban J connectivity index is 3.11. The molecule has 0 saturated heterocycles. The molecule has 0 rings (SSSR count). The predicted molar refractivity (Wildman–Crippen MR) is 144 cm³/mol. The van der Waals surface area contributed by atoms with E-state index < -0.39 is 5.97 Å². The minimum absolute atomic E-state index is 0.153. The summed E-state index contributed by atoms with van der Waals surface area (Å²) in [4.78, 5) is 10.5. The maximum absolute atomic E-state index is 10.5. The van der Waals surface area contributed by atoms with Gasteiger partial charge in [-0.2, -0.15) is 0 Å². The fourth-order valence-corrected chi connectivity index (χ4v) is 4.79. The number of carbonyl (C=O) groups is 1. The van der Waals surface area contributed by atoms with E-state index in [1.54, 1.807) is 0 Å². The van der Waals surface area contributed by atoms with Crippen molar-refractivity contribution in [2.24, 2.45) is 0 Å². The van der Waals surface area contributed by atoms with E-state index in [0.29, 0.717) is 0 Å². The Kier molecular flexibility index (Phi) is 27.2. The molecule has 33 heavy (non-hydrogen) atoms. The Morgan fingerprint density at radius 3 is 1.06 bits per heavy atom. The molecule has 0 aliphatic rings. The summed E-state index contributed by atoms with van der Waals surface area (Å²) in [5, 5.41) is 18.7. The van der Waals surface area contributed by atoms with E-state index in [4.69, 9.17) is 5.11 Å². The van der Waals surface area contributed by atoms with Crippen LogP contribution in [-0.4, -0.2) is 22.3 Å². The quantitative estimate of drug-likeness (QED) is 0.112. The highest BCUT2D eigenvalue weighted by Crippen LogP contribution is 2.16. The smallest absolute Gasteiger partial charge is 0.303 e. The molecule has 3 heteroatoms. The molecule has 0 aromatic heterocycles. The molecule has 2 N–H and O–H groups in total. The Labute approximate surface area is 207 Å². The highest BCUT2D eigenvalue weighted by atomic mass is 16.4. The van der Waals surface area contributed by atoms with Crippen molar-refractivity contribution in [2.45, 2.75) is 186 Å². The second-order valence-corrected chi connectivity index (χ2v) is 10.5. The minimum atomic E-state index is -0.699. The van der Waals surface area contributed by atoms with Crippen LogP contribution in [0.1, 0.15) is 180 Å². The van der Waals surface area contributed by atoms with Gasteiger partial charge in [0.1, 0.15) is 0 Å². The normalized spacial score (nSPS) is 12.3. The van der Waals surface area contributed by atoms with Gasteiger partial charge in [0.05, 0.1) is 6.10 Å². The minimum Gasteiger partial charge on any atom is -0.481 e. The van der Waals surface area contributed by atoms with Crippen LogP contribution in [-0.2, 0) is 4.79 Å². The maximum Gasteiger partial charge on any atom is 0.303 e. The lowest BCUT2D eigenvalue weighted by Gasteiger charge is -2.10. The molecular weight excluding hydrogens is 408 g/mol. The van der Waals surface area contributed by atoms with Crippen LogP contribution in [0.5, 0.6) is 0 Å². The number of hydrogen-bond acceptors (Lipinski definition) is 2. The third kappa shape index (κ3) is 29.4. The molecule has 0 heterocycles. The first-order valence-electron chi connectivity index (χ1n) is 15.1. The Bertz CT molecular complexity index is 383. The second-order valence-electron chi connectivity index (χ2n) is 10.5. The average Bonchev–Trinajstić information content (AvgIpc) is 2.79. The lowest BCUT2D eigenvalue weighted by molar-refractivity contribution is -0.137. The number of rotatable bonds is 28. The van der Waals surface area contributed by atoms with Gasteiger partial charge in [-0.15, -0.1) is 0 Å². The third-order valence-electron chi connectivity index (χ3n) is 7.07. The third-order valence-corrected chi connectivity index (χ3v) is 7.07. The van der Waals surface area contributed by atoms with Crippen molar-refractivity contribution in [1.82, 2.24) is 0 Å². The molecule has 0 amide bonds. The standard InChI is InChI=1S/C30H60O3/c1-2-3-4-5-6-7-8-9-10-11-12-13-14-15-16-17-18-19-20-23-26-29(31)27-24-21-22-25-28-30(32)33/h29,31H,2-28H2,1H3,(H,32,33). The lowest BCUT2D eigenvalue weighted by Crippen LogP contribution is -2.06. The number of aliphatic hydroxyl groups is 1. The van der Waals surface area contributed by atoms with Gasteiger partial charge in [0, 0.05) is 6.42 Å². The molecule has 1 unspecified atom stereocenters. The largest absolute Gasteiger partial charge is 0.481 e. The first-order valence-corrected chi connectivity index (χ1v) is 15.1. The van der Waals surface area contributed by atoms with E-state index in [1.807, 2.05) is 0 Å². The van der Waals surface area contributed by atoms with Gasteiger partial charge in [-0.25, -0.2) is 0 Å². The number of hydrogen-bond donors (Lipinski definition) is 2. The number of aliphatic carboxylic acids is 1. The molecule has 0 aromatic rings. The summed E-state index contributed by atoms with van der Waals surface area (Å²) in [6.07, 6.45) is 33.8. The SMILES string of the molecule is CCCCCCCCCCCCCCCCCCCCCCC(O)CCCCCCC(=O)O. The average molecular weight is 469 g/mol. The van der Waals surface area contributed by atoms with Gasteiger partial charge in [-0.05, 0) is 19.3 Å². The molecule has 0 fully saturated rings. The van der Waals surface area contributed by atoms with Crippen LogP contribution in [0.3, 0.4) is 0 Å². The highest BCUT2D eigenvalue weighted by Gasteiger charge is 2.04. The van der Waals surface area contributed by atoms with Gasteiger partial charge in [0.15, 0.2) is 0 Å². The summed E-state index contributed by atoms with van der Waals surface area (Å²) in [6, 6.07) is 0. The van der Waals surface area contributed by atoms with Crippen molar-refractivity contribution < 1.29 is 15.0 Å². The molecule has 1 atom stereocenters. The topological polar surface area (TPSA) is 57.5 Å². The first kappa shape index (κ1) is 32.4. The summed E-state index contributed by atoms with van der Waals surface area (Å²) < 4.78 is 0. The van der Waals surface area contributed by atoms with Gasteiger partial charge in [-0.3, -0.25) is 4.79 Å². The van der Waals surface area contributed by atoms with E-state index in [9.17, 15) is 9.90 Å². The zero-order chi connectivity index (χ0) is 24.2. The fourth-order valence-electron chi connectivity index (χ4n) is 4.79. The van der Waals surface area contributed by atoms with Crippen molar-refractivity contribution in [3.05, 3.63) is 0 Å². The van der Waals surface area contributed by atoms with Crippen LogP contribution in [0.2, 0.25) is 0 Å². The van der Waals surface area contributed by atoms with Gasteiger partial charge >= 0.3 is 5.97 Å². The van der Waals surface area contributed by atoms with Crippen LogP contribution in [0.15, 0.2) is 0 Å². The molecule has 0 aliphatic carbocycles. The van der Waals surface area contributed by atoms with Crippen LogP contribution in [0.4, 0.5) is 0 Å². The van der Waals surface area contributed by atoms with Crippen molar-refractivity contribution in [3.63, 3.8) is 0 Å². The van der Waals surface area contributed by atoms with Gasteiger partial charge < -0.3 is 10.2 Å². The molecule has 0 bridgehead atoms. The molecule has 198 valence electrons. The van der Waals surface area contributed by atoms with Crippen molar-refractivity contribution in [3.8, 4) is 0 Å². The summed E-state index contributed by atoms with van der Waals surface area (Å²) in [7, 11) is 0. The molecule has 0 radical (unpaired) electrons. The summed E-state index contributed by atoms with van der Waals surface area (Å²) in [5.74, 6) is -0.699. The first-order chi connectivity index (χ1) is 16.2. The number of carboxylic acids is 1. The molecule has 0 saturated carbocycles. The monoisotopic (exact) mass is 468 g/mol. The zero-order valence-corrected chi connectivity index (χ0v) is 22.5. The van der Waals surface area contributed by atoms with Crippen LogP contribution < -0.4 is 0 Å².